The fourth-order valence-electron chi connectivity index (χ4n) is 9.87. The summed E-state index contributed by atoms with van der Waals surface area (Å²) >= 11 is 0. The summed E-state index contributed by atoms with van der Waals surface area (Å²) < 4.78 is 35.4. The van der Waals surface area contributed by atoms with Gasteiger partial charge in [-0.05, 0) is 143 Å². The third kappa shape index (κ3) is 11.7. The van der Waals surface area contributed by atoms with Crippen LogP contribution in [0.3, 0.4) is 0 Å². The molecule has 1 saturated carbocycles. The second-order valence-corrected chi connectivity index (χ2v) is 18.8. The number of aryl methyl sites for hydroxylation is 1. The molecule has 360 valence electrons. The van der Waals surface area contributed by atoms with Gasteiger partial charge in [-0.15, -0.1) is 6.58 Å². The SMILES string of the molecule is C=CCOC12Oc3ccc(OCc4cccc(C)n4)cc3C3C(CCCCO)C(CCCCO)C=C(C(=NOC(C)(C)C)CC1N(Cc1ccc(F)cc1)C(=O)C=Cc1ccc([N+](=O)[O-])cc1)C32. The van der Waals surface area contributed by atoms with Crippen LogP contribution in [0, 0.1) is 40.6 Å². The molecule has 14 heteroatoms. The van der Waals surface area contributed by atoms with E-state index in [1.54, 1.807) is 41.3 Å². The Balaban J connectivity index is 1.45. The number of non-ortho nitro benzene ring substituents is 1. The van der Waals surface area contributed by atoms with Crippen LogP contribution in [-0.2, 0) is 27.5 Å². The van der Waals surface area contributed by atoms with E-state index in [4.69, 9.17) is 24.2 Å². The van der Waals surface area contributed by atoms with E-state index in [-0.39, 0.29) is 62.8 Å². The van der Waals surface area contributed by atoms with E-state index in [0.29, 0.717) is 41.2 Å². The van der Waals surface area contributed by atoms with Gasteiger partial charge in [-0.1, -0.05) is 48.3 Å². The van der Waals surface area contributed by atoms with E-state index in [2.05, 4.69) is 17.6 Å². The molecule has 1 aliphatic heterocycles. The highest BCUT2D eigenvalue weighted by molar-refractivity contribution is 6.03. The molecule has 7 rings (SSSR count). The monoisotopic (exact) mass is 930 g/mol. The number of hydrogen-bond donors (Lipinski definition) is 2. The minimum atomic E-state index is -1.56. The summed E-state index contributed by atoms with van der Waals surface area (Å²) in [6, 6.07) is 22.6. The Kier molecular flexibility index (Phi) is 16.3. The molecule has 68 heavy (non-hydrogen) atoms. The number of aromatic nitrogens is 1. The number of carbonyl (C=O) groups is 1. The number of fused-ring (bicyclic) bond motifs is 2. The molecule has 2 N–H and O–H groups in total. The van der Waals surface area contributed by atoms with E-state index in [1.165, 1.54) is 30.3 Å². The summed E-state index contributed by atoms with van der Waals surface area (Å²) in [7, 11) is 0. The van der Waals surface area contributed by atoms with Crippen molar-refractivity contribution < 1.29 is 43.4 Å². The van der Waals surface area contributed by atoms with Gasteiger partial charge in [0.2, 0.25) is 11.7 Å². The minimum absolute atomic E-state index is 0.0126. The van der Waals surface area contributed by atoms with Gasteiger partial charge >= 0.3 is 0 Å². The van der Waals surface area contributed by atoms with E-state index in [1.807, 2.05) is 64.1 Å². The first-order chi connectivity index (χ1) is 32.7. The molecular formula is C54H63FN4O9. The second-order valence-electron chi connectivity index (χ2n) is 18.8. The molecular weight excluding hydrogens is 868 g/mol. The Morgan fingerprint density at radius 1 is 1.03 bits per heavy atom. The zero-order valence-electron chi connectivity index (χ0n) is 39.4. The molecule has 0 spiro atoms. The lowest BCUT2D eigenvalue weighted by Gasteiger charge is -2.60. The molecule has 13 nitrogen and oxygen atoms in total. The largest absolute Gasteiger partial charge is 0.487 e. The van der Waals surface area contributed by atoms with Gasteiger partial charge in [-0.3, -0.25) is 19.9 Å². The average molecular weight is 931 g/mol. The number of nitro groups is 1. The number of allylic oxidation sites excluding steroid dienone is 1. The number of benzene rings is 3. The molecule has 3 aromatic carbocycles. The second kappa shape index (κ2) is 22.3. The normalized spacial score (nSPS) is 22.4. The molecule has 0 bridgehead atoms. The lowest BCUT2D eigenvalue weighted by atomic mass is 9.55. The smallest absolute Gasteiger partial charge is 0.269 e. The quantitative estimate of drug-likeness (QED) is 0.0270. The van der Waals surface area contributed by atoms with Gasteiger partial charge in [0, 0.05) is 61.6 Å². The van der Waals surface area contributed by atoms with Crippen molar-refractivity contribution in [2.45, 2.75) is 109 Å². The van der Waals surface area contributed by atoms with Gasteiger partial charge < -0.3 is 34.2 Å². The van der Waals surface area contributed by atoms with Crippen molar-refractivity contribution >= 4 is 23.4 Å². The van der Waals surface area contributed by atoms with Crippen molar-refractivity contribution in [2.75, 3.05) is 19.8 Å². The number of aliphatic hydroxyl groups excluding tert-OH is 2. The number of oxime groups is 1. The zero-order chi connectivity index (χ0) is 48.4. The molecule has 0 radical (unpaired) electrons. The first-order valence-corrected chi connectivity index (χ1v) is 23.5. The van der Waals surface area contributed by atoms with Gasteiger partial charge in [0.25, 0.3) is 5.69 Å². The first-order valence-electron chi connectivity index (χ1n) is 23.5. The van der Waals surface area contributed by atoms with Crippen molar-refractivity contribution in [1.82, 2.24) is 9.88 Å². The van der Waals surface area contributed by atoms with Crippen molar-refractivity contribution in [1.29, 1.82) is 0 Å². The summed E-state index contributed by atoms with van der Waals surface area (Å²) in [4.78, 5) is 38.7. The lowest BCUT2D eigenvalue weighted by molar-refractivity contribution is -0.384. The molecule has 1 fully saturated rings. The molecule has 1 amide bonds. The first kappa shape index (κ1) is 49.7. The summed E-state index contributed by atoms with van der Waals surface area (Å²) in [5, 5.41) is 36.4. The molecule has 2 aliphatic carbocycles. The standard InChI is InChI=1S/C54H63FN4O9/c1-6-30-66-54-49(58(34-38-16-21-40(55)22-17-38)50(62)27-20-37-18-23-42(24-19-37)59(63)64)33-47(57-68-53(3,4)5)45-31-39(13-7-9-28-60)44(15-8-10-29-61)51(52(45)54)46-32-43(25-26-48(46)67-54)65-35-41-14-11-12-36(2)56-41/h6,11-12,14,16-27,31-32,39,44,49,51-52,60-61H,1,7-10,13,15,28-30,33-35H2,2-5H3. The highest BCUT2D eigenvalue weighted by atomic mass is 19.1. The third-order valence-electron chi connectivity index (χ3n) is 12.9. The zero-order valence-corrected chi connectivity index (χ0v) is 39.4. The van der Waals surface area contributed by atoms with Gasteiger partial charge in [-0.25, -0.2) is 4.39 Å². The molecule has 6 unspecified atom stereocenters. The minimum Gasteiger partial charge on any atom is -0.487 e. The number of pyridine rings is 1. The van der Waals surface area contributed by atoms with Crippen molar-refractivity contribution in [3.05, 3.63) is 159 Å². The van der Waals surface area contributed by atoms with Crippen LogP contribution >= 0.6 is 0 Å². The van der Waals surface area contributed by atoms with Crippen LogP contribution in [0.5, 0.6) is 11.5 Å². The summed E-state index contributed by atoms with van der Waals surface area (Å²) in [5.74, 6) is -2.11. The van der Waals surface area contributed by atoms with Gasteiger partial charge in [0.05, 0.1) is 28.9 Å². The fraction of sp³-hybridized carbons (Fsp3) is 0.426. The number of nitrogens with zero attached hydrogens (tertiary/aromatic N) is 4. The Labute approximate surface area is 398 Å². The van der Waals surface area contributed by atoms with E-state index < -0.39 is 40.0 Å². The molecule has 2 heterocycles. The predicted octanol–water partition coefficient (Wildman–Crippen LogP) is 10.2. The van der Waals surface area contributed by atoms with Crippen LogP contribution in [0.1, 0.15) is 99.7 Å². The fourth-order valence-corrected chi connectivity index (χ4v) is 9.87. The van der Waals surface area contributed by atoms with Gasteiger partial charge in [-0.2, -0.15) is 0 Å². The molecule has 0 saturated heterocycles. The van der Waals surface area contributed by atoms with Crippen molar-refractivity contribution in [2.24, 2.45) is 22.9 Å². The summed E-state index contributed by atoms with van der Waals surface area (Å²) in [5.41, 5.74) is 4.55. The van der Waals surface area contributed by atoms with E-state index in [0.717, 1.165) is 48.2 Å². The Morgan fingerprint density at radius 3 is 2.44 bits per heavy atom. The number of amides is 1. The van der Waals surface area contributed by atoms with E-state index >= 15 is 4.79 Å². The maximum Gasteiger partial charge on any atom is 0.269 e. The molecule has 6 atom stereocenters. The molecule has 3 aliphatic rings. The van der Waals surface area contributed by atoms with Crippen LogP contribution in [0.15, 0.2) is 120 Å². The predicted molar refractivity (Wildman–Crippen MR) is 258 cm³/mol. The van der Waals surface area contributed by atoms with Crippen molar-refractivity contribution in [3.8, 4) is 11.5 Å². The topological polar surface area (TPSA) is 166 Å². The third-order valence-corrected chi connectivity index (χ3v) is 12.9. The van der Waals surface area contributed by atoms with Gasteiger partial charge in [0.15, 0.2) is 0 Å². The molecule has 4 aromatic rings. The van der Waals surface area contributed by atoms with Crippen LogP contribution in [0.4, 0.5) is 10.1 Å². The maximum atomic E-state index is 15.1. The Hall–Kier alpha value is -6.22. The summed E-state index contributed by atoms with van der Waals surface area (Å²) in [6.45, 7) is 12.2. The number of rotatable bonds is 21. The van der Waals surface area contributed by atoms with Crippen LogP contribution in [0.25, 0.3) is 6.08 Å². The lowest BCUT2D eigenvalue weighted by Crippen LogP contribution is -2.70. The summed E-state index contributed by atoms with van der Waals surface area (Å²) in [6.07, 6.45) is 11.4. The number of ether oxygens (including phenoxy) is 3. The molecule has 1 aromatic heterocycles. The number of nitro benzene ring substituents is 1. The van der Waals surface area contributed by atoms with Crippen LogP contribution < -0.4 is 9.47 Å². The van der Waals surface area contributed by atoms with Crippen molar-refractivity contribution in [3.63, 3.8) is 0 Å². The Morgan fingerprint density at radius 2 is 1.76 bits per heavy atom. The number of unbranched alkanes of at least 4 members (excludes halogenated alkanes) is 2. The number of halogens is 1. The average Bonchev–Trinajstić information content (AvgIpc) is 3.32. The number of aliphatic hydroxyl groups is 2. The van der Waals surface area contributed by atoms with Gasteiger partial charge in [0.1, 0.15) is 35.6 Å². The highest BCUT2D eigenvalue weighted by Crippen LogP contribution is 2.62. The van der Waals surface area contributed by atoms with Crippen LogP contribution in [0.2, 0.25) is 0 Å². The highest BCUT2D eigenvalue weighted by Gasteiger charge is 2.65. The van der Waals surface area contributed by atoms with Crippen LogP contribution in [-0.4, -0.2) is 73.9 Å². The number of hydrogen-bond acceptors (Lipinski definition) is 11. The maximum absolute atomic E-state index is 15.1. The van der Waals surface area contributed by atoms with E-state index in [9.17, 15) is 24.7 Å². The Bertz CT molecular complexity index is 2490. The number of carbonyl (C=O) groups excluding carboxylic acids is 1.